The number of hydrogen-bond acceptors (Lipinski definition) is 1. The number of rotatable bonds is 5. The number of aliphatic imine (C=N–C) groups is 1. The lowest BCUT2D eigenvalue weighted by molar-refractivity contribution is 0.476. The highest BCUT2D eigenvalue weighted by atomic mass is 127. The fourth-order valence-electron chi connectivity index (χ4n) is 2.79. The molecule has 0 aliphatic heterocycles. The molecular formula is C20H28IN3. The molecule has 1 atom stereocenters. The molecule has 1 unspecified atom stereocenters. The van der Waals surface area contributed by atoms with Crippen molar-refractivity contribution in [1.29, 1.82) is 0 Å². The number of benzene rings is 2. The van der Waals surface area contributed by atoms with E-state index in [1.165, 1.54) is 11.1 Å². The average Bonchev–Trinajstić information content (AvgIpc) is 2.55. The van der Waals surface area contributed by atoms with Gasteiger partial charge >= 0.3 is 0 Å². The molecule has 0 aromatic heterocycles. The summed E-state index contributed by atoms with van der Waals surface area (Å²) in [4.78, 5) is 8.98. The molecule has 2 aromatic rings. The summed E-state index contributed by atoms with van der Waals surface area (Å²) in [6.07, 6.45) is 1.00. The van der Waals surface area contributed by atoms with Crippen LogP contribution in [0.2, 0.25) is 0 Å². The van der Waals surface area contributed by atoms with Crippen LogP contribution in [0.5, 0.6) is 0 Å². The van der Waals surface area contributed by atoms with Gasteiger partial charge in [0.15, 0.2) is 5.96 Å². The normalized spacial score (nSPS) is 11.2. The minimum atomic E-state index is 0. The fraction of sp³-hybridized carbons (Fsp3) is 0.350. The summed E-state index contributed by atoms with van der Waals surface area (Å²) in [5, 5.41) is 0. The third kappa shape index (κ3) is 6.15. The zero-order valence-electron chi connectivity index (χ0n) is 15.0. The first-order valence-corrected chi connectivity index (χ1v) is 8.06. The lowest BCUT2D eigenvalue weighted by Gasteiger charge is -2.24. The van der Waals surface area contributed by atoms with E-state index in [2.05, 4.69) is 70.5 Å². The fourth-order valence-corrected chi connectivity index (χ4v) is 2.79. The van der Waals surface area contributed by atoms with Gasteiger partial charge in [-0.15, -0.1) is 24.0 Å². The van der Waals surface area contributed by atoms with Crippen LogP contribution in [0.1, 0.15) is 17.0 Å². The first-order chi connectivity index (χ1) is 11.1. The van der Waals surface area contributed by atoms with Crippen LogP contribution in [0.3, 0.4) is 0 Å². The zero-order valence-corrected chi connectivity index (χ0v) is 17.3. The number of nitrogens with zero attached hydrogens (tertiary/aromatic N) is 3. The van der Waals surface area contributed by atoms with Crippen molar-refractivity contribution in [2.75, 3.05) is 34.7 Å². The Labute approximate surface area is 163 Å². The van der Waals surface area contributed by atoms with Gasteiger partial charge in [-0.3, -0.25) is 4.99 Å². The van der Waals surface area contributed by atoms with Crippen molar-refractivity contribution in [3.05, 3.63) is 71.8 Å². The highest BCUT2D eigenvalue weighted by molar-refractivity contribution is 14.0. The molecule has 0 aliphatic carbocycles. The molecule has 0 fully saturated rings. The van der Waals surface area contributed by atoms with E-state index in [0.29, 0.717) is 5.92 Å². The van der Waals surface area contributed by atoms with Gasteiger partial charge < -0.3 is 9.80 Å². The SMILES string of the molecule is CN(C)C(=NCC(Cc1ccccc1)c1ccccc1)N(C)C.I. The molecular weight excluding hydrogens is 409 g/mol. The molecule has 0 amide bonds. The number of guanidine groups is 1. The van der Waals surface area contributed by atoms with Crippen molar-refractivity contribution in [3.8, 4) is 0 Å². The van der Waals surface area contributed by atoms with E-state index in [-0.39, 0.29) is 24.0 Å². The molecule has 0 heterocycles. The van der Waals surface area contributed by atoms with Gasteiger partial charge in [-0.1, -0.05) is 60.7 Å². The summed E-state index contributed by atoms with van der Waals surface area (Å²) in [5.41, 5.74) is 2.70. The lowest BCUT2D eigenvalue weighted by atomic mass is 9.92. The third-order valence-electron chi connectivity index (χ3n) is 3.85. The van der Waals surface area contributed by atoms with E-state index in [0.717, 1.165) is 18.9 Å². The minimum absolute atomic E-state index is 0. The van der Waals surface area contributed by atoms with E-state index in [9.17, 15) is 0 Å². The van der Waals surface area contributed by atoms with E-state index >= 15 is 0 Å². The summed E-state index contributed by atoms with van der Waals surface area (Å²) >= 11 is 0. The highest BCUT2D eigenvalue weighted by Crippen LogP contribution is 2.21. The van der Waals surface area contributed by atoms with Gasteiger partial charge in [0.25, 0.3) is 0 Å². The van der Waals surface area contributed by atoms with Gasteiger partial charge in [-0.25, -0.2) is 0 Å². The summed E-state index contributed by atoms with van der Waals surface area (Å²) in [6.45, 7) is 0.782. The van der Waals surface area contributed by atoms with Crippen molar-refractivity contribution in [3.63, 3.8) is 0 Å². The molecule has 0 N–H and O–H groups in total. The van der Waals surface area contributed by atoms with Gasteiger partial charge in [0.1, 0.15) is 0 Å². The topological polar surface area (TPSA) is 18.8 Å². The molecule has 24 heavy (non-hydrogen) atoms. The monoisotopic (exact) mass is 437 g/mol. The predicted octanol–water partition coefficient (Wildman–Crippen LogP) is 4.11. The zero-order chi connectivity index (χ0) is 16.7. The summed E-state index contributed by atoms with van der Waals surface area (Å²) in [7, 11) is 8.14. The maximum Gasteiger partial charge on any atom is 0.195 e. The Kier molecular flexibility index (Phi) is 8.82. The molecule has 3 nitrogen and oxygen atoms in total. The van der Waals surface area contributed by atoms with Crippen LogP contribution in [0.4, 0.5) is 0 Å². The Morgan fingerprint density at radius 1 is 0.833 bits per heavy atom. The van der Waals surface area contributed by atoms with Gasteiger partial charge in [0, 0.05) is 40.7 Å². The second kappa shape index (κ2) is 10.3. The molecule has 0 aliphatic rings. The highest BCUT2D eigenvalue weighted by Gasteiger charge is 2.13. The largest absolute Gasteiger partial charge is 0.349 e. The number of hydrogen-bond donors (Lipinski definition) is 0. The van der Waals surface area contributed by atoms with Gasteiger partial charge in [-0.05, 0) is 17.5 Å². The van der Waals surface area contributed by atoms with Crippen LogP contribution in [0.25, 0.3) is 0 Å². The molecule has 0 bridgehead atoms. The van der Waals surface area contributed by atoms with Crippen LogP contribution in [0.15, 0.2) is 65.7 Å². The second-order valence-corrected chi connectivity index (χ2v) is 6.23. The third-order valence-corrected chi connectivity index (χ3v) is 3.85. The van der Waals surface area contributed by atoms with Crippen LogP contribution in [0, 0.1) is 0 Å². The first-order valence-electron chi connectivity index (χ1n) is 8.06. The van der Waals surface area contributed by atoms with Gasteiger partial charge in [0.05, 0.1) is 0 Å². The number of halogens is 1. The molecule has 130 valence electrons. The lowest BCUT2D eigenvalue weighted by Crippen LogP contribution is -2.35. The van der Waals surface area contributed by atoms with Crippen LogP contribution in [-0.4, -0.2) is 50.5 Å². The van der Waals surface area contributed by atoms with E-state index in [1.807, 2.05) is 28.2 Å². The molecule has 0 saturated heterocycles. The van der Waals surface area contributed by atoms with Crippen molar-refractivity contribution >= 4 is 29.9 Å². The van der Waals surface area contributed by atoms with Crippen molar-refractivity contribution in [2.24, 2.45) is 4.99 Å². The van der Waals surface area contributed by atoms with Crippen LogP contribution >= 0.6 is 24.0 Å². The Bertz CT molecular complexity index is 599. The van der Waals surface area contributed by atoms with Crippen molar-refractivity contribution in [1.82, 2.24) is 9.80 Å². The smallest absolute Gasteiger partial charge is 0.195 e. The molecule has 2 aromatic carbocycles. The van der Waals surface area contributed by atoms with E-state index in [4.69, 9.17) is 4.99 Å². The van der Waals surface area contributed by atoms with Gasteiger partial charge in [-0.2, -0.15) is 0 Å². The maximum absolute atomic E-state index is 4.86. The second-order valence-electron chi connectivity index (χ2n) is 6.23. The molecule has 0 radical (unpaired) electrons. The standard InChI is InChI=1S/C20H27N3.HI/c1-22(2)20(23(3)4)21-16-19(18-13-9-6-10-14-18)15-17-11-7-5-8-12-17;/h5-14,19H,15-16H2,1-4H3;1H. The molecule has 0 spiro atoms. The van der Waals surface area contributed by atoms with E-state index < -0.39 is 0 Å². The maximum atomic E-state index is 4.86. The van der Waals surface area contributed by atoms with Crippen molar-refractivity contribution in [2.45, 2.75) is 12.3 Å². The Hall–Kier alpha value is -1.56. The minimum Gasteiger partial charge on any atom is -0.349 e. The van der Waals surface area contributed by atoms with Crippen LogP contribution < -0.4 is 0 Å². The predicted molar refractivity (Wildman–Crippen MR) is 114 cm³/mol. The van der Waals surface area contributed by atoms with Crippen LogP contribution in [-0.2, 0) is 6.42 Å². The summed E-state index contributed by atoms with van der Waals surface area (Å²) in [5.74, 6) is 1.38. The molecule has 2 rings (SSSR count). The Morgan fingerprint density at radius 3 is 1.83 bits per heavy atom. The first kappa shape index (κ1) is 20.5. The van der Waals surface area contributed by atoms with E-state index in [1.54, 1.807) is 0 Å². The Balaban J connectivity index is 0.00000288. The average molecular weight is 437 g/mol. The Morgan fingerprint density at radius 2 is 1.33 bits per heavy atom. The molecule has 0 saturated carbocycles. The summed E-state index contributed by atoms with van der Waals surface area (Å²) in [6, 6.07) is 21.3. The van der Waals surface area contributed by atoms with Crippen molar-refractivity contribution < 1.29 is 0 Å². The quantitative estimate of drug-likeness (QED) is 0.398. The molecule has 4 heteroatoms. The van der Waals surface area contributed by atoms with Gasteiger partial charge in [0.2, 0.25) is 0 Å². The summed E-state index contributed by atoms with van der Waals surface area (Å²) < 4.78 is 0.